The van der Waals surface area contributed by atoms with E-state index >= 15 is 0 Å². The predicted octanol–water partition coefficient (Wildman–Crippen LogP) is 1.87. The lowest BCUT2D eigenvalue weighted by Gasteiger charge is -2.00. The Bertz CT molecular complexity index is 431. The number of aliphatic carboxylic acids is 1. The van der Waals surface area contributed by atoms with Gasteiger partial charge in [0, 0.05) is 11.1 Å². The minimum absolute atomic E-state index is 0.0433. The third-order valence-corrected chi connectivity index (χ3v) is 1.80. The van der Waals surface area contributed by atoms with Crippen molar-refractivity contribution in [2.24, 2.45) is 0 Å². The molecule has 0 bridgehead atoms. The fraction of sp³-hybridized carbons (Fsp3) is 0.357. The number of hydrogen-bond donors (Lipinski definition) is 1. The molecule has 0 aromatic heterocycles. The molecule has 0 saturated carbocycles. The van der Waals surface area contributed by atoms with E-state index in [1.165, 1.54) is 20.1 Å². The Morgan fingerprint density at radius 1 is 1.15 bits per heavy atom. The van der Waals surface area contributed by atoms with E-state index in [4.69, 9.17) is 5.11 Å². The lowest BCUT2D eigenvalue weighted by atomic mass is 10.2. The molecule has 0 unspecified atom stereocenters. The smallest absolute Gasteiger partial charge is 0.337 e. The van der Waals surface area contributed by atoms with E-state index in [-0.39, 0.29) is 23.7 Å². The topological polar surface area (TPSA) is 89.9 Å². The minimum atomic E-state index is -1.08. The molecule has 0 atom stereocenters. The fourth-order valence-corrected chi connectivity index (χ4v) is 0.780. The van der Waals surface area contributed by atoms with Crippen LogP contribution in [0.5, 0.6) is 0 Å². The van der Waals surface area contributed by atoms with E-state index in [0.29, 0.717) is 5.57 Å². The number of carbonyl (C=O) groups is 3. The number of carbonyl (C=O) groups excluding carboxylic acids is 2. The average Bonchev–Trinajstić information content (AvgIpc) is 2.38. The van der Waals surface area contributed by atoms with Crippen molar-refractivity contribution in [3.05, 3.63) is 36.0 Å². The highest BCUT2D eigenvalue weighted by atomic mass is 16.5. The molecule has 6 heteroatoms. The lowest BCUT2D eigenvalue weighted by Crippen LogP contribution is -2.06. The highest BCUT2D eigenvalue weighted by molar-refractivity contribution is 5.94. The van der Waals surface area contributed by atoms with Crippen molar-refractivity contribution in [2.45, 2.75) is 20.8 Å². The number of esters is 2. The molecule has 0 spiro atoms. The lowest BCUT2D eigenvalue weighted by molar-refractivity contribution is -0.138. The first kappa shape index (κ1) is 20.0. The van der Waals surface area contributed by atoms with Crippen LogP contribution in [0.15, 0.2) is 36.0 Å². The van der Waals surface area contributed by atoms with Crippen molar-refractivity contribution < 1.29 is 29.0 Å². The number of methoxy groups -OCH3 is 1. The van der Waals surface area contributed by atoms with Gasteiger partial charge in [0.05, 0.1) is 19.3 Å². The Balaban J connectivity index is 0. The summed E-state index contributed by atoms with van der Waals surface area (Å²) in [5.41, 5.74) is 0.530. The Hall–Kier alpha value is -2.37. The molecule has 0 heterocycles. The van der Waals surface area contributed by atoms with Crippen LogP contribution in [0.3, 0.4) is 0 Å². The molecular formula is C14H20O6. The Kier molecular flexibility index (Phi) is 10.5. The van der Waals surface area contributed by atoms with Gasteiger partial charge in [0.2, 0.25) is 0 Å². The van der Waals surface area contributed by atoms with Crippen LogP contribution in [0.25, 0.3) is 0 Å². The van der Waals surface area contributed by atoms with Crippen molar-refractivity contribution in [1.82, 2.24) is 0 Å². The molecule has 0 amide bonds. The molecule has 0 rings (SSSR count). The quantitative estimate of drug-likeness (QED) is 0.471. The summed E-state index contributed by atoms with van der Waals surface area (Å²) >= 11 is 0. The zero-order chi connectivity index (χ0) is 16.3. The Morgan fingerprint density at radius 3 is 1.90 bits per heavy atom. The van der Waals surface area contributed by atoms with Crippen LogP contribution in [0.2, 0.25) is 0 Å². The maximum Gasteiger partial charge on any atom is 0.337 e. The second-order valence-corrected chi connectivity index (χ2v) is 3.65. The largest absolute Gasteiger partial charge is 0.478 e. The van der Waals surface area contributed by atoms with E-state index in [9.17, 15) is 14.4 Å². The van der Waals surface area contributed by atoms with E-state index in [1.54, 1.807) is 13.8 Å². The van der Waals surface area contributed by atoms with Gasteiger partial charge in [-0.15, -0.1) is 0 Å². The fourth-order valence-electron chi connectivity index (χ4n) is 0.780. The molecule has 112 valence electrons. The van der Waals surface area contributed by atoms with Crippen molar-refractivity contribution in [3.8, 4) is 0 Å². The molecule has 6 nitrogen and oxygen atoms in total. The summed E-state index contributed by atoms with van der Waals surface area (Å²) in [6.45, 7) is 11.6. The van der Waals surface area contributed by atoms with Crippen molar-refractivity contribution in [2.75, 3.05) is 13.7 Å². The first-order valence-electron chi connectivity index (χ1n) is 5.68. The van der Waals surface area contributed by atoms with Crippen LogP contribution in [-0.2, 0) is 23.9 Å². The molecule has 0 saturated heterocycles. The summed E-state index contributed by atoms with van der Waals surface area (Å²) in [5, 5.41) is 8.48. The summed E-state index contributed by atoms with van der Waals surface area (Å²) in [6.07, 6.45) is 1.18. The second-order valence-electron chi connectivity index (χ2n) is 3.65. The van der Waals surface area contributed by atoms with Crippen molar-refractivity contribution in [1.29, 1.82) is 0 Å². The number of rotatable bonds is 5. The standard InChI is InChI=1S/C9H12O4.C5H8O2/c1-4-13-9(12)7(3)5-6(2)8(10)11;1-4(2)5(6)7-3/h5H,3-4H2,1-2H3,(H,10,11);1H2,2-3H3. The highest BCUT2D eigenvalue weighted by Gasteiger charge is 2.07. The minimum Gasteiger partial charge on any atom is -0.478 e. The van der Waals surface area contributed by atoms with Crippen LogP contribution in [0.4, 0.5) is 0 Å². The predicted molar refractivity (Wildman–Crippen MR) is 74.0 cm³/mol. The molecule has 0 radical (unpaired) electrons. The summed E-state index contributed by atoms with van der Waals surface area (Å²) < 4.78 is 8.88. The van der Waals surface area contributed by atoms with Crippen LogP contribution in [-0.4, -0.2) is 36.7 Å². The van der Waals surface area contributed by atoms with Crippen molar-refractivity contribution in [3.63, 3.8) is 0 Å². The van der Waals surface area contributed by atoms with Gasteiger partial charge < -0.3 is 14.6 Å². The molecular weight excluding hydrogens is 264 g/mol. The first-order chi connectivity index (χ1) is 9.17. The SMILES string of the molecule is C=C(C)C(=O)OC.C=C(C=C(C)C(=O)O)C(=O)OCC. The molecule has 0 aromatic carbocycles. The van der Waals surface area contributed by atoms with Crippen LogP contribution in [0.1, 0.15) is 20.8 Å². The van der Waals surface area contributed by atoms with Gasteiger partial charge in [-0.25, -0.2) is 14.4 Å². The molecule has 20 heavy (non-hydrogen) atoms. The summed E-state index contributed by atoms with van der Waals surface area (Å²) in [4.78, 5) is 31.5. The van der Waals surface area contributed by atoms with E-state index in [2.05, 4.69) is 22.6 Å². The highest BCUT2D eigenvalue weighted by Crippen LogP contribution is 2.02. The molecule has 0 aliphatic carbocycles. The van der Waals surface area contributed by atoms with Gasteiger partial charge in [0.1, 0.15) is 0 Å². The molecule has 1 N–H and O–H groups in total. The monoisotopic (exact) mass is 284 g/mol. The number of ether oxygens (including phenoxy) is 2. The maximum absolute atomic E-state index is 10.9. The molecule has 0 fully saturated rings. The third-order valence-electron chi connectivity index (χ3n) is 1.80. The van der Waals surface area contributed by atoms with E-state index in [0.717, 1.165) is 0 Å². The zero-order valence-corrected chi connectivity index (χ0v) is 12.2. The van der Waals surface area contributed by atoms with E-state index < -0.39 is 11.9 Å². The number of hydrogen-bond acceptors (Lipinski definition) is 5. The summed E-state index contributed by atoms with van der Waals surface area (Å²) in [5.74, 6) is -2.02. The van der Waals surface area contributed by atoms with Gasteiger partial charge in [0.25, 0.3) is 0 Å². The third kappa shape index (κ3) is 9.64. The summed E-state index contributed by atoms with van der Waals surface area (Å²) in [7, 11) is 1.33. The zero-order valence-electron chi connectivity index (χ0n) is 12.2. The maximum atomic E-state index is 10.9. The summed E-state index contributed by atoms with van der Waals surface area (Å²) in [6, 6.07) is 0. The van der Waals surface area contributed by atoms with Gasteiger partial charge >= 0.3 is 17.9 Å². The van der Waals surface area contributed by atoms with Crippen molar-refractivity contribution >= 4 is 17.9 Å². The van der Waals surface area contributed by atoms with Gasteiger partial charge in [-0.05, 0) is 26.8 Å². The van der Waals surface area contributed by atoms with E-state index in [1.807, 2.05) is 0 Å². The van der Waals surface area contributed by atoms with Crippen LogP contribution < -0.4 is 0 Å². The van der Waals surface area contributed by atoms with Gasteiger partial charge in [-0.2, -0.15) is 0 Å². The average molecular weight is 284 g/mol. The van der Waals surface area contributed by atoms with Crippen LogP contribution in [0, 0.1) is 0 Å². The first-order valence-corrected chi connectivity index (χ1v) is 5.68. The number of carboxylic acid groups (broad SMARTS) is 1. The van der Waals surface area contributed by atoms with Crippen LogP contribution >= 0.6 is 0 Å². The molecule has 0 aliphatic heterocycles. The second kappa shape index (κ2) is 10.5. The molecule has 0 aromatic rings. The number of carboxylic acids is 1. The van der Waals surface area contributed by atoms with Gasteiger partial charge in [0.15, 0.2) is 0 Å². The Labute approximate surface area is 118 Å². The van der Waals surface area contributed by atoms with Gasteiger partial charge in [-0.3, -0.25) is 0 Å². The van der Waals surface area contributed by atoms with Gasteiger partial charge in [-0.1, -0.05) is 13.2 Å². The molecule has 0 aliphatic rings. The Morgan fingerprint density at radius 2 is 1.65 bits per heavy atom. The normalized spacial score (nSPS) is 9.70.